The molecule has 1 saturated heterocycles. The zero-order valence-corrected chi connectivity index (χ0v) is 17.6. The Morgan fingerprint density at radius 1 is 0.931 bits per heavy atom. The smallest absolute Gasteiger partial charge is 0.243 e. The van der Waals surface area contributed by atoms with E-state index in [9.17, 15) is 13.2 Å². The number of nitrogens with zero attached hydrogens (tertiary/aromatic N) is 1. The van der Waals surface area contributed by atoms with Gasteiger partial charge < -0.3 is 9.47 Å². The molecular weight excluding hydrogens is 410 g/mol. The van der Waals surface area contributed by atoms with Crippen LogP contribution in [0.3, 0.4) is 0 Å². The summed E-state index contributed by atoms with van der Waals surface area (Å²) in [5.41, 5.74) is 0.507. The molecule has 8 heteroatoms. The molecule has 2 aromatic rings. The first-order chi connectivity index (χ1) is 14.0. The lowest BCUT2D eigenvalue weighted by Gasteiger charge is -2.15. The topological polar surface area (TPSA) is 72.9 Å². The predicted molar refractivity (Wildman–Crippen MR) is 112 cm³/mol. The molecule has 0 radical (unpaired) electrons. The Morgan fingerprint density at radius 3 is 2.34 bits per heavy atom. The van der Waals surface area contributed by atoms with Crippen molar-refractivity contribution in [1.29, 1.82) is 0 Å². The molecule has 0 N–H and O–H groups in total. The molecule has 1 fully saturated rings. The van der Waals surface area contributed by atoms with E-state index in [0.29, 0.717) is 37.6 Å². The normalized spacial score (nSPS) is 17.1. The fourth-order valence-corrected chi connectivity index (χ4v) is 5.69. The second-order valence-corrected chi connectivity index (χ2v) is 9.99. The number of sulfonamides is 1. The minimum atomic E-state index is -3.46. The maximum atomic E-state index is 12.6. The molecule has 0 saturated carbocycles. The first kappa shape index (κ1) is 20.3. The van der Waals surface area contributed by atoms with Gasteiger partial charge in [-0.3, -0.25) is 4.79 Å². The van der Waals surface area contributed by atoms with E-state index < -0.39 is 10.0 Å². The van der Waals surface area contributed by atoms with E-state index in [1.165, 1.54) is 28.2 Å². The van der Waals surface area contributed by atoms with E-state index in [1.54, 1.807) is 12.1 Å². The zero-order valence-electron chi connectivity index (χ0n) is 16.0. The highest BCUT2D eigenvalue weighted by Crippen LogP contribution is 2.34. The SMILES string of the molecule is O=C(CSc1ccc2c(c1)OCCCO2)c1ccc(S(=O)(=O)N2CCCC2)cc1. The van der Waals surface area contributed by atoms with Crippen LogP contribution in [0.5, 0.6) is 11.5 Å². The quantitative estimate of drug-likeness (QED) is 0.512. The summed E-state index contributed by atoms with van der Waals surface area (Å²) in [4.78, 5) is 13.7. The molecule has 154 valence electrons. The van der Waals surface area contributed by atoms with Crippen LogP contribution in [0, 0.1) is 0 Å². The number of Topliss-reactive ketones (excluding diaryl/α,β-unsaturated/α-hetero) is 1. The van der Waals surface area contributed by atoms with Crippen molar-refractivity contribution in [3.05, 3.63) is 48.0 Å². The van der Waals surface area contributed by atoms with Crippen LogP contribution in [-0.4, -0.2) is 50.6 Å². The highest BCUT2D eigenvalue weighted by Gasteiger charge is 2.27. The van der Waals surface area contributed by atoms with Gasteiger partial charge >= 0.3 is 0 Å². The second kappa shape index (κ2) is 8.77. The molecule has 0 unspecified atom stereocenters. The summed E-state index contributed by atoms with van der Waals surface area (Å²) >= 11 is 1.42. The maximum Gasteiger partial charge on any atom is 0.243 e. The van der Waals surface area contributed by atoms with Crippen molar-refractivity contribution in [3.63, 3.8) is 0 Å². The van der Waals surface area contributed by atoms with Gasteiger partial charge in [-0.15, -0.1) is 11.8 Å². The van der Waals surface area contributed by atoms with E-state index in [-0.39, 0.29) is 16.4 Å². The molecule has 4 rings (SSSR count). The van der Waals surface area contributed by atoms with E-state index >= 15 is 0 Å². The third-order valence-electron chi connectivity index (χ3n) is 4.97. The monoisotopic (exact) mass is 433 g/mol. The van der Waals surface area contributed by atoms with E-state index in [2.05, 4.69) is 0 Å². The van der Waals surface area contributed by atoms with Crippen molar-refractivity contribution in [2.75, 3.05) is 32.1 Å². The minimum Gasteiger partial charge on any atom is -0.490 e. The predicted octanol–water partition coefficient (Wildman–Crippen LogP) is 3.61. The zero-order chi connectivity index (χ0) is 20.3. The molecule has 2 aliphatic rings. The highest BCUT2D eigenvalue weighted by molar-refractivity contribution is 8.00. The number of carbonyl (C=O) groups excluding carboxylic acids is 1. The van der Waals surface area contributed by atoms with Crippen molar-refractivity contribution in [2.45, 2.75) is 29.1 Å². The van der Waals surface area contributed by atoms with E-state index in [0.717, 1.165) is 29.9 Å². The van der Waals surface area contributed by atoms with E-state index in [1.807, 2.05) is 18.2 Å². The van der Waals surface area contributed by atoms with Gasteiger partial charge in [0, 0.05) is 30.0 Å². The van der Waals surface area contributed by atoms with Crippen LogP contribution in [0.15, 0.2) is 52.3 Å². The Hall–Kier alpha value is -2.03. The van der Waals surface area contributed by atoms with Crippen molar-refractivity contribution in [3.8, 4) is 11.5 Å². The van der Waals surface area contributed by atoms with Crippen LogP contribution >= 0.6 is 11.8 Å². The average Bonchev–Trinajstić information content (AvgIpc) is 3.19. The molecule has 6 nitrogen and oxygen atoms in total. The van der Waals surface area contributed by atoms with Gasteiger partial charge in [-0.25, -0.2) is 8.42 Å². The molecule has 0 spiro atoms. The van der Waals surface area contributed by atoms with Crippen LogP contribution in [0.1, 0.15) is 29.6 Å². The van der Waals surface area contributed by atoms with E-state index in [4.69, 9.17) is 9.47 Å². The lowest BCUT2D eigenvalue weighted by molar-refractivity contribution is 0.102. The van der Waals surface area contributed by atoms with Gasteiger partial charge in [-0.1, -0.05) is 12.1 Å². The Balaban J connectivity index is 1.39. The van der Waals surface area contributed by atoms with Crippen molar-refractivity contribution in [1.82, 2.24) is 4.31 Å². The number of ether oxygens (including phenoxy) is 2. The van der Waals surface area contributed by atoms with Gasteiger partial charge in [0.05, 0.1) is 23.9 Å². The van der Waals surface area contributed by atoms with Crippen LogP contribution < -0.4 is 9.47 Å². The number of hydrogen-bond acceptors (Lipinski definition) is 6. The molecule has 2 heterocycles. The second-order valence-electron chi connectivity index (χ2n) is 7.01. The minimum absolute atomic E-state index is 0.0489. The third kappa shape index (κ3) is 4.60. The van der Waals surface area contributed by atoms with Gasteiger partial charge in [0.1, 0.15) is 0 Å². The van der Waals surface area contributed by atoms with Crippen LogP contribution in [0.2, 0.25) is 0 Å². The van der Waals surface area contributed by atoms with Crippen LogP contribution in [-0.2, 0) is 10.0 Å². The fourth-order valence-electron chi connectivity index (χ4n) is 3.36. The maximum absolute atomic E-state index is 12.6. The Labute approximate surface area is 175 Å². The molecule has 0 atom stereocenters. The van der Waals surface area contributed by atoms with Crippen molar-refractivity contribution >= 4 is 27.6 Å². The fraction of sp³-hybridized carbons (Fsp3) is 0.381. The lowest BCUT2D eigenvalue weighted by Crippen LogP contribution is -2.27. The summed E-state index contributed by atoms with van der Waals surface area (Å²) in [6.07, 6.45) is 2.64. The van der Waals surface area contributed by atoms with Gasteiger partial charge in [0.25, 0.3) is 0 Å². The number of carbonyl (C=O) groups is 1. The Kier molecular flexibility index (Phi) is 6.12. The molecule has 2 aromatic carbocycles. The van der Waals surface area contributed by atoms with Crippen LogP contribution in [0.25, 0.3) is 0 Å². The summed E-state index contributed by atoms with van der Waals surface area (Å²) in [6, 6.07) is 11.9. The van der Waals surface area contributed by atoms with Gasteiger partial charge in [0.2, 0.25) is 10.0 Å². The number of fused-ring (bicyclic) bond motifs is 1. The lowest BCUT2D eigenvalue weighted by atomic mass is 10.1. The average molecular weight is 434 g/mol. The number of benzene rings is 2. The molecule has 0 amide bonds. The molecule has 29 heavy (non-hydrogen) atoms. The first-order valence-electron chi connectivity index (χ1n) is 9.70. The summed E-state index contributed by atoms with van der Waals surface area (Å²) in [5.74, 6) is 1.65. The highest BCUT2D eigenvalue weighted by atomic mass is 32.2. The van der Waals surface area contributed by atoms with Crippen molar-refractivity contribution in [2.24, 2.45) is 0 Å². The summed E-state index contributed by atoms with van der Waals surface area (Å²) in [5, 5.41) is 0. The van der Waals surface area contributed by atoms with Gasteiger partial charge in [-0.2, -0.15) is 4.31 Å². The summed E-state index contributed by atoms with van der Waals surface area (Å²) in [6.45, 7) is 2.39. The number of ketones is 1. The van der Waals surface area contributed by atoms with Gasteiger partial charge in [0.15, 0.2) is 17.3 Å². The molecule has 0 aromatic heterocycles. The molecule has 0 bridgehead atoms. The largest absolute Gasteiger partial charge is 0.490 e. The standard InChI is InChI=1S/C21H23NO5S2/c23-19(15-28-17-6-9-20-21(14-17)27-13-3-12-26-20)16-4-7-18(8-5-16)29(24,25)22-10-1-2-11-22/h4-9,14H,1-3,10-13,15H2. The number of hydrogen-bond donors (Lipinski definition) is 0. The van der Waals surface area contributed by atoms with Crippen LogP contribution in [0.4, 0.5) is 0 Å². The number of rotatable bonds is 6. The summed E-state index contributed by atoms with van der Waals surface area (Å²) < 4.78 is 38.0. The molecule has 0 aliphatic carbocycles. The third-order valence-corrected chi connectivity index (χ3v) is 7.87. The molecular formula is C21H23NO5S2. The number of thioether (sulfide) groups is 1. The Bertz CT molecular complexity index is 983. The Morgan fingerprint density at radius 2 is 1.62 bits per heavy atom. The van der Waals surface area contributed by atoms with Gasteiger partial charge in [-0.05, 0) is 43.2 Å². The van der Waals surface area contributed by atoms with Crippen molar-refractivity contribution < 1.29 is 22.7 Å². The summed E-state index contributed by atoms with van der Waals surface area (Å²) in [7, 11) is -3.46. The molecule has 2 aliphatic heterocycles. The first-order valence-corrected chi connectivity index (χ1v) is 12.1.